The van der Waals surface area contributed by atoms with Gasteiger partial charge in [-0.25, -0.2) is 9.97 Å². The van der Waals surface area contributed by atoms with Crippen molar-refractivity contribution >= 4 is 17.5 Å². The standard InChI is InChI=1S/C20H26N4O/c1-3-15(2)16-7-9-18(10-8-16)23-19(25)17-6-4-13-24(14-17)20-21-11-5-12-22-20/h5,7-12,15,17H,3-4,6,13-14H2,1-2H3,(H,23,25)/t15-,17-/m0/s1. The molecule has 1 aliphatic heterocycles. The number of aromatic nitrogens is 2. The smallest absolute Gasteiger partial charge is 0.229 e. The highest BCUT2D eigenvalue weighted by molar-refractivity contribution is 5.93. The van der Waals surface area contributed by atoms with Crippen molar-refractivity contribution in [2.75, 3.05) is 23.3 Å². The summed E-state index contributed by atoms with van der Waals surface area (Å²) in [5.74, 6) is 1.30. The van der Waals surface area contributed by atoms with Crippen LogP contribution in [0.2, 0.25) is 0 Å². The molecule has 1 fully saturated rings. The molecule has 132 valence electrons. The van der Waals surface area contributed by atoms with Gasteiger partial charge in [0.1, 0.15) is 0 Å². The number of hydrogen-bond acceptors (Lipinski definition) is 4. The molecule has 5 heteroatoms. The van der Waals surface area contributed by atoms with Crippen molar-refractivity contribution in [1.29, 1.82) is 0 Å². The van der Waals surface area contributed by atoms with Gasteiger partial charge in [0.2, 0.25) is 11.9 Å². The second kappa shape index (κ2) is 8.10. The van der Waals surface area contributed by atoms with E-state index in [1.54, 1.807) is 18.5 Å². The van der Waals surface area contributed by atoms with E-state index in [1.807, 2.05) is 12.1 Å². The number of piperidine rings is 1. The fraction of sp³-hybridized carbons (Fsp3) is 0.450. The van der Waals surface area contributed by atoms with Crippen LogP contribution in [0.1, 0.15) is 44.6 Å². The number of anilines is 2. The first-order chi connectivity index (χ1) is 12.2. The molecule has 1 aromatic carbocycles. The molecule has 0 bridgehead atoms. The van der Waals surface area contributed by atoms with E-state index in [0.29, 0.717) is 18.4 Å². The molecule has 1 N–H and O–H groups in total. The number of carbonyl (C=O) groups excluding carboxylic acids is 1. The molecule has 0 aliphatic carbocycles. The van der Waals surface area contributed by atoms with Crippen molar-refractivity contribution < 1.29 is 4.79 Å². The van der Waals surface area contributed by atoms with Gasteiger partial charge in [-0.05, 0) is 48.9 Å². The predicted octanol–water partition coefficient (Wildman–Crippen LogP) is 3.85. The molecule has 0 unspecified atom stereocenters. The molecule has 0 saturated carbocycles. The van der Waals surface area contributed by atoms with Gasteiger partial charge in [-0.1, -0.05) is 26.0 Å². The SMILES string of the molecule is CC[C@H](C)c1ccc(NC(=O)[C@H]2CCCN(c3ncccn3)C2)cc1. The quantitative estimate of drug-likeness (QED) is 0.900. The van der Waals surface area contributed by atoms with Crippen molar-refractivity contribution in [3.63, 3.8) is 0 Å². The molecule has 3 rings (SSSR count). The Balaban J connectivity index is 1.61. The Morgan fingerprint density at radius 3 is 2.68 bits per heavy atom. The minimum Gasteiger partial charge on any atom is -0.340 e. The van der Waals surface area contributed by atoms with Gasteiger partial charge in [0.25, 0.3) is 0 Å². The molecule has 1 saturated heterocycles. The summed E-state index contributed by atoms with van der Waals surface area (Å²) in [5.41, 5.74) is 2.18. The van der Waals surface area contributed by atoms with Gasteiger partial charge < -0.3 is 10.2 Å². The van der Waals surface area contributed by atoms with Crippen LogP contribution in [0.15, 0.2) is 42.7 Å². The first kappa shape index (κ1) is 17.4. The fourth-order valence-electron chi connectivity index (χ4n) is 3.20. The topological polar surface area (TPSA) is 58.1 Å². The number of nitrogens with zero attached hydrogens (tertiary/aromatic N) is 3. The maximum Gasteiger partial charge on any atom is 0.229 e. The highest BCUT2D eigenvalue weighted by Crippen LogP contribution is 2.23. The number of amides is 1. The number of hydrogen-bond donors (Lipinski definition) is 1. The zero-order valence-corrected chi connectivity index (χ0v) is 15.0. The Morgan fingerprint density at radius 2 is 2.00 bits per heavy atom. The van der Waals surface area contributed by atoms with E-state index < -0.39 is 0 Å². The van der Waals surface area contributed by atoms with E-state index in [-0.39, 0.29) is 11.8 Å². The summed E-state index contributed by atoms with van der Waals surface area (Å²) in [4.78, 5) is 23.3. The fourth-order valence-corrected chi connectivity index (χ4v) is 3.20. The van der Waals surface area contributed by atoms with Gasteiger partial charge in [-0.3, -0.25) is 4.79 Å². The lowest BCUT2D eigenvalue weighted by Gasteiger charge is -2.31. The molecular formula is C20H26N4O. The summed E-state index contributed by atoms with van der Waals surface area (Å²) in [7, 11) is 0. The van der Waals surface area contributed by atoms with Crippen LogP contribution in [0, 0.1) is 5.92 Å². The maximum absolute atomic E-state index is 12.6. The normalized spacial score (nSPS) is 18.6. The largest absolute Gasteiger partial charge is 0.340 e. The van der Waals surface area contributed by atoms with Crippen molar-refractivity contribution in [3.8, 4) is 0 Å². The van der Waals surface area contributed by atoms with Crippen LogP contribution in [0.4, 0.5) is 11.6 Å². The van der Waals surface area contributed by atoms with E-state index in [0.717, 1.165) is 31.5 Å². The minimum atomic E-state index is -0.0354. The summed E-state index contributed by atoms with van der Waals surface area (Å²) >= 11 is 0. The van der Waals surface area contributed by atoms with Crippen LogP contribution in [0.25, 0.3) is 0 Å². The van der Waals surface area contributed by atoms with Gasteiger partial charge in [0, 0.05) is 31.2 Å². The van der Waals surface area contributed by atoms with Gasteiger partial charge >= 0.3 is 0 Å². The van der Waals surface area contributed by atoms with E-state index in [1.165, 1.54) is 5.56 Å². The zero-order chi connectivity index (χ0) is 17.6. The maximum atomic E-state index is 12.6. The highest BCUT2D eigenvalue weighted by atomic mass is 16.1. The van der Waals surface area contributed by atoms with Gasteiger partial charge in [0.05, 0.1) is 5.92 Å². The Bertz CT molecular complexity index is 687. The van der Waals surface area contributed by atoms with Gasteiger partial charge in [0.15, 0.2) is 0 Å². The van der Waals surface area contributed by atoms with Crippen molar-refractivity contribution in [1.82, 2.24) is 9.97 Å². The third-order valence-corrected chi connectivity index (χ3v) is 4.99. The average molecular weight is 338 g/mol. The monoisotopic (exact) mass is 338 g/mol. The van der Waals surface area contributed by atoms with Crippen LogP contribution in [0.5, 0.6) is 0 Å². The third kappa shape index (κ3) is 4.35. The van der Waals surface area contributed by atoms with E-state index in [4.69, 9.17) is 0 Å². The van der Waals surface area contributed by atoms with Crippen LogP contribution in [-0.4, -0.2) is 29.0 Å². The summed E-state index contributed by atoms with van der Waals surface area (Å²) in [5, 5.41) is 3.06. The number of carbonyl (C=O) groups is 1. The molecule has 1 amide bonds. The molecule has 1 aromatic heterocycles. The lowest BCUT2D eigenvalue weighted by Crippen LogP contribution is -2.41. The molecular weight excluding hydrogens is 312 g/mol. The van der Waals surface area contributed by atoms with Crippen LogP contribution < -0.4 is 10.2 Å². The number of benzene rings is 1. The first-order valence-electron chi connectivity index (χ1n) is 9.10. The summed E-state index contributed by atoms with van der Waals surface area (Å²) < 4.78 is 0. The summed E-state index contributed by atoms with van der Waals surface area (Å²) in [6.45, 7) is 5.97. The predicted molar refractivity (Wildman–Crippen MR) is 101 cm³/mol. The van der Waals surface area contributed by atoms with Crippen LogP contribution >= 0.6 is 0 Å². The Hall–Kier alpha value is -2.43. The summed E-state index contributed by atoms with van der Waals surface area (Å²) in [6, 6.07) is 10.0. The average Bonchev–Trinajstić information content (AvgIpc) is 2.68. The Morgan fingerprint density at radius 1 is 1.28 bits per heavy atom. The van der Waals surface area contributed by atoms with Crippen molar-refractivity contribution in [2.24, 2.45) is 5.92 Å². The Kier molecular flexibility index (Phi) is 5.64. The zero-order valence-electron chi connectivity index (χ0n) is 15.0. The van der Waals surface area contributed by atoms with E-state index in [9.17, 15) is 4.79 Å². The van der Waals surface area contributed by atoms with Gasteiger partial charge in [-0.15, -0.1) is 0 Å². The lowest BCUT2D eigenvalue weighted by molar-refractivity contribution is -0.120. The van der Waals surface area contributed by atoms with Crippen molar-refractivity contribution in [2.45, 2.75) is 39.0 Å². The molecule has 1 aliphatic rings. The third-order valence-electron chi connectivity index (χ3n) is 4.99. The Labute approximate surface area is 149 Å². The molecule has 2 aromatic rings. The minimum absolute atomic E-state index is 0.0354. The molecule has 2 heterocycles. The van der Waals surface area contributed by atoms with E-state index >= 15 is 0 Å². The highest BCUT2D eigenvalue weighted by Gasteiger charge is 2.27. The van der Waals surface area contributed by atoms with Crippen LogP contribution in [0.3, 0.4) is 0 Å². The molecule has 0 radical (unpaired) electrons. The van der Waals surface area contributed by atoms with Gasteiger partial charge in [-0.2, -0.15) is 0 Å². The second-order valence-electron chi connectivity index (χ2n) is 6.75. The number of nitrogens with one attached hydrogen (secondary N) is 1. The molecule has 0 spiro atoms. The molecule has 2 atom stereocenters. The lowest BCUT2D eigenvalue weighted by atomic mass is 9.96. The van der Waals surface area contributed by atoms with E-state index in [2.05, 4.69) is 46.2 Å². The molecule has 5 nitrogen and oxygen atoms in total. The second-order valence-corrected chi connectivity index (χ2v) is 6.75. The van der Waals surface area contributed by atoms with Crippen LogP contribution in [-0.2, 0) is 4.79 Å². The summed E-state index contributed by atoms with van der Waals surface area (Å²) in [6.07, 6.45) is 6.48. The first-order valence-corrected chi connectivity index (χ1v) is 9.10. The number of rotatable bonds is 5. The van der Waals surface area contributed by atoms with Crippen molar-refractivity contribution in [3.05, 3.63) is 48.3 Å². The molecule has 25 heavy (non-hydrogen) atoms.